The van der Waals surface area contributed by atoms with E-state index in [0.717, 1.165) is 44.2 Å². The largest absolute Gasteiger partial charge is 0.381 e. The number of nitrogens with two attached hydrogens (primary N) is 1. The van der Waals surface area contributed by atoms with Gasteiger partial charge < -0.3 is 15.0 Å². The summed E-state index contributed by atoms with van der Waals surface area (Å²) in [6.45, 7) is 5.09. The molecular weight excluding hydrogens is 192 g/mol. The number of hydrogen-bond acceptors (Lipinski definition) is 4. The Morgan fingerprint density at radius 2 is 2.13 bits per heavy atom. The van der Waals surface area contributed by atoms with Crippen molar-refractivity contribution in [3.63, 3.8) is 0 Å². The van der Waals surface area contributed by atoms with Crippen LogP contribution in [0.2, 0.25) is 0 Å². The van der Waals surface area contributed by atoms with Crippen LogP contribution >= 0.6 is 0 Å². The summed E-state index contributed by atoms with van der Waals surface area (Å²) >= 11 is 0. The highest BCUT2D eigenvalue weighted by atomic mass is 16.5. The quantitative estimate of drug-likeness (QED) is 0.786. The van der Waals surface area contributed by atoms with Gasteiger partial charge in [-0.15, -0.1) is 10.2 Å². The van der Waals surface area contributed by atoms with Crippen LogP contribution in [0.3, 0.4) is 0 Å². The molecule has 0 amide bonds. The van der Waals surface area contributed by atoms with Gasteiger partial charge >= 0.3 is 0 Å². The van der Waals surface area contributed by atoms with Crippen molar-refractivity contribution in [2.45, 2.75) is 32.2 Å². The highest BCUT2D eigenvalue weighted by Crippen LogP contribution is 2.25. The summed E-state index contributed by atoms with van der Waals surface area (Å²) in [6.07, 6.45) is 2.09. The van der Waals surface area contributed by atoms with Gasteiger partial charge in [0.25, 0.3) is 0 Å². The highest BCUT2D eigenvalue weighted by Gasteiger charge is 2.22. The maximum atomic E-state index is 5.59. The average molecular weight is 210 g/mol. The molecule has 2 rings (SSSR count). The summed E-state index contributed by atoms with van der Waals surface area (Å²) in [5.41, 5.74) is 5.59. The first-order chi connectivity index (χ1) is 7.33. The van der Waals surface area contributed by atoms with Gasteiger partial charge in [-0.3, -0.25) is 0 Å². The van der Waals surface area contributed by atoms with Crippen molar-refractivity contribution in [2.75, 3.05) is 19.8 Å². The van der Waals surface area contributed by atoms with Crippen LogP contribution in [-0.2, 0) is 11.3 Å². The maximum absolute atomic E-state index is 5.59. The fraction of sp³-hybridized carbons (Fsp3) is 0.800. The highest BCUT2D eigenvalue weighted by molar-refractivity contribution is 5.02. The average Bonchev–Trinajstić information content (AvgIpc) is 2.63. The SMILES string of the molecule is Cc1nnc(C2CCOCC2)n1CCN. The third kappa shape index (κ3) is 2.18. The van der Waals surface area contributed by atoms with Crippen molar-refractivity contribution in [3.8, 4) is 0 Å². The van der Waals surface area contributed by atoms with Crippen LogP contribution < -0.4 is 5.73 Å². The van der Waals surface area contributed by atoms with Gasteiger partial charge in [-0.1, -0.05) is 0 Å². The standard InChI is InChI=1S/C10H18N4O/c1-8-12-13-10(14(8)5-4-11)9-2-6-15-7-3-9/h9H,2-7,11H2,1H3. The number of ether oxygens (including phenoxy) is 1. The van der Waals surface area contributed by atoms with Crippen molar-refractivity contribution in [1.82, 2.24) is 14.8 Å². The summed E-state index contributed by atoms with van der Waals surface area (Å²) in [4.78, 5) is 0. The fourth-order valence-corrected chi connectivity index (χ4v) is 2.06. The zero-order valence-electron chi connectivity index (χ0n) is 9.15. The topological polar surface area (TPSA) is 66.0 Å². The summed E-state index contributed by atoms with van der Waals surface area (Å²) in [5, 5.41) is 8.39. The second kappa shape index (κ2) is 4.72. The van der Waals surface area contributed by atoms with E-state index in [1.54, 1.807) is 0 Å². The third-order valence-electron chi connectivity index (χ3n) is 2.90. The van der Waals surface area contributed by atoms with Crippen LogP contribution in [-0.4, -0.2) is 34.5 Å². The molecule has 0 atom stereocenters. The zero-order chi connectivity index (χ0) is 10.7. The van der Waals surface area contributed by atoms with Crippen LogP contribution in [0.15, 0.2) is 0 Å². The van der Waals surface area contributed by atoms with Gasteiger partial charge in [-0.05, 0) is 19.8 Å². The summed E-state index contributed by atoms with van der Waals surface area (Å²) in [6, 6.07) is 0. The second-order valence-electron chi connectivity index (χ2n) is 3.93. The third-order valence-corrected chi connectivity index (χ3v) is 2.90. The second-order valence-corrected chi connectivity index (χ2v) is 3.93. The maximum Gasteiger partial charge on any atom is 0.136 e. The minimum absolute atomic E-state index is 0.492. The monoisotopic (exact) mass is 210 g/mol. The molecule has 0 bridgehead atoms. The molecule has 2 N–H and O–H groups in total. The molecule has 1 aliphatic rings. The predicted molar refractivity (Wildman–Crippen MR) is 56.6 cm³/mol. The van der Waals surface area contributed by atoms with Gasteiger partial charge in [0.1, 0.15) is 11.6 Å². The Morgan fingerprint density at radius 3 is 2.80 bits per heavy atom. The summed E-state index contributed by atoms with van der Waals surface area (Å²) in [7, 11) is 0. The Labute approximate surface area is 89.6 Å². The van der Waals surface area contributed by atoms with E-state index >= 15 is 0 Å². The molecule has 0 radical (unpaired) electrons. The first-order valence-electron chi connectivity index (χ1n) is 5.50. The van der Waals surface area contributed by atoms with Gasteiger partial charge in [0.2, 0.25) is 0 Å². The summed E-state index contributed by atoms with van der Waals surface area (Å²) < 4.78 is 7.48. The van der Waals surface area contributed by atoms with Crippen LogP contribution in [0.5, 0.6) is 0 Å². The normalized spacial score (nSPS) is 18.3. The van der Waals surface area contributed by atoms with E-state index < -0.39 is 0 Å². The molecule has 2 heterocycles. The number of rotatable bonds is 3. The van der Waals surface area contributed by atoms with E-state index in [1.807, 2.05) is 6.92 Å². The van der Waals surface area contributed by atoms with E-state index in [2.05, 4.69) is 14.8 Å². The molecule has 0 aliphatic carbocycles. The lowest BCUT2D eigenvalue weighted by atomic mass is 9.99. The Hall–Kier alpha value is -0.940. The number of nitrogens with zero attached hydrogens (tertiary/aromatic N) is 3. The molecule has 1 aliphatic heterocycles. The van der Waals surface area contributed by atoms with Crippen molar-refractivity contribution in [1.29, 1.82) is 0 Å². The van der Waals surface area contributed by atoms with Crippen LogP contribution in [0.1, 0.15) is 30.4 Å². The van der Waals surface area contributed by atoms with Crippen molar-refractivity contribution >= 4 is 0 Å². The lowest BCUT2D eigenvalue weighted by molar-refractivity contribution is 0.0827. The molecule has 1 fully saturated rings. The predicted octanol–water partition coefficient (Wildman–Crippen LogP) is 0.439. The Bertz CT molecular complexity index is 317. The molecule has 1 aromatic rings. The van der Waals surface area contributed by atoms with E-state index in [1.165, 1.54) is 0 Å². The molecule has 5 nitrogen and oxygen atoms in total. The van der Waals surface area contributed by atoms with E-state index in [9.17, 15) is 0 Å². The van der Waals surface area contributed by atoms with E-state index in [-0.39, 0.29) is 0 Å². The zero-order valence-corrected chi connectivity index (χ0v) is 9.15. The van der Waals surface area contributed by atoms with Gasteiger partial charge in [-0.25, -0.2) is 0 Å². The molecule has 84 valence electrons. The number of aromatic nitrogens is 3. The lowest BCUT2D eigenvalue weighted by Crippen LogP contribution is -2.20. The molecule has 1 saturated heterocycles. The van der Waals surface area contributed by atoms with Gasteiger partial charge in [0.15, 0.2) is 0 Å². The van der Waals surface area contributed by atoms with E-state index in [0.29, 0.717) is 12.5 Å². The molecule has 0 saturated carbocycles. The first kappa shape index (κ1) is 10.6. The first-order valence-corrected chi connectivity index (χ1v) is 5.50. The molecule has 5 heteroatoms. The molecule has 1 aromatic heterocycles. The summed E-state index contributed by atoms with van der Waals surface area (Å²) in [5.74, 6) is 2.54. The van der Waals surface area contributed by atoms with Crippen LogP contribution in [0.25, 0.3) is 0 Å². The molecule has 15 heavy (non-hydrogen) atoms. The fourth-order valence-electron chi connectivity index (χ4n) is 2.06. The lowest BCUT2D eigenvalue weighted by Gasteiger charge is -2.21. The molecule has 0 unspecified atom stereocenters. The van der Waals surface area contributed by atoms with Gasteiger partial charge in [0, 0.05) is 32.2 Å². The Balaban J connectivity index is 2.18. The van der Waals surface area contributed by atoms with Crippen molar-refractivity contribution in [3.05, 3.63) is 11.6 Å². The van der Waals surface area contributed by atoms with E-state index in [4.69, 9.17) is 10.5 Å². The minimum atomic E-state index is 0.492. The van der Waals surface area contributed by atoms with Gasteiger partial charge in [-0.2, -0.15) is 0 Å². The van der Waals surface area contributed by atoms with Crippen LogP contribution in [0.4, 0.5) is 0 Å². The minimum Gasteiger partial charge on any atom is -0.381 e. The van der Waals surface area contributed by atoms with Crippen molar-refractivity contribution < 1.29 is 4.74 Å². The van der Waals surface area contributed by atoms with Gasteiger partial charge in [0.05, 0.1) is 0 Å². The molecule has 0 aromatic carbocycles. The molecular formula is C10H18N4O. The van der Waals surface area contributed by atoms with Crippen molar-refractivity contribution in [2.24, 2.45) is 5.73 Å². The Morgan fingerprint density at radius 1 is 1.40 bits per heavy atom. The number of hydrogen-bond donors (Lipinski definition) is 1. The van der Waals surface area contributed by atoms with Crippen LogP contribution in [0, 0.1) is 6.92 Å². The molecule has 0 spiro atoms. The Kier molecular flexibility index (Phi) is 3.33. The number of aryl methyl sites for hydroxylation is 1. The smallest absolute Gasteiger partial charge is 0.136 e.